The minimum atomic E-state index is -1.89. The molecule has 152 valence electrons. The van der Waals surface area contributed by atoms with Gasteiger partial charge in [0.2, 0.25) is 5.91 Å². The van der Waals surface area contributed by atoms with E-state index in [-0.39, 0.29) is 17.1 Å². The van der Waals surface area contributed by atoms with E-state index < -0.39 is 16.9 Å². The van der Waals surface area contributed by atoms with Gasteiger partial charge >= 0.3 is 0 Å². The van der Waals surface area contributed by atoms with Crippen LogP contribution in [0.15, 0.2) is 47.4 Å². The zero-order valence-electron chi connectivity index (χ0n) is 16.0. The Morgan fingerprint density at radius 1 is 1.18 bits per heavy atom. The van der Waals surface area contributed by atoms with Crippen LogP contribution >= 0.6 is 0 Å². The number of carbonyl (C=O) groups is 1. The van der Waals surface area contributed by atoms with Crippen LogP contribution in [0.5, 0.6) is 11.5 Å². The zero-order chi connectivity index (χ0) is 20.5. The van der Waals surface area contributed by atoms with E-state index in [0.717, 1.165) is 12.8 Å². The van der Waals surface area contributed by atoms with Gasteiger partial charge in [-0.1, -0.05) is 31.5 Å². The summed E-state index contributed by atoms with van der Waals surface area (Å²) >= 11 is 0. The lowest BCUT2D eigenvalue weighted by atomic mass is 10.1. The molecule has 0 heterocycles. The van der Waals surface area contributed by atoms with Crippen LogP contribution in [0.1, 0.15) is 36.5 Å². The van der Waals surface area contributed by atoms with Crippen LogP contribution in [0.4, 0.5) is 5.69 Å². The highest BCUT2D eigenvalue weighted by Crippen LogP contribution is 2.38. The van der Waals surface area contributed by atoms with Crippen molar-refractivity contribution in [1.29, 1.82) is 0 Å². The molecule has 1 unspecified atom stereocenters. The average Bonchev–Trinajstić information content (AvgIpc) is 2.69. The molecule has 0 aliphatic heterocycles. The second kappa shape index (κ2) is 10.8. The summed E-state index contributed by atoms with van der Waals surface area (Å²) in [5.74, 6) is 0.239. The number of carbonyl (C=O) groups excluding carboxylic acids is 1. The number of unbranched alkanes of at least 4 members (excludes halogenated alkanes) is 1. The molecule has 2 aromatic carbocycles. The molecule has 1 amide bonds. The van der Waals surface area contributed by atoms with Gasteiger partial charge in [-0.3, -0.25) is 4.79 Å². The number of primary amides is 1. The number of aliphatic hydroxyl groups is 1. The maximum Gasteiger partial charge on any atom is 0.248 e. The fourth-order valence-electron chi connectivity index (χ4n) is 2.79. The van der Waals surface area contributed by atoms with Gasteiger partial charge in [-0.2, -0.15) is 0 Å². The summed E-state index contributed by atoms with van der Waals surface area (Å²) in [6.07, 6.45) is 2.41. The zero-order valence-corrected chi connectivity index (χ0v) is 16.8. The minimum Gasteiger partial charge on any atom is -0.454 e. The van der Waals surface area contributed by atoms with Crippen LogP contribution in [-0.4, -0.2) is 34.9 Å². The molecule has 0 aromatic heterocycles. The fourth-order valence-corrected chi connectivity index (χ4v) is 3.36. The Balaban J connectivity index is 2.62. The van der Waals surface area contributed by atoms with Gasteiger partial charge in [0.1, 0.15) is 16.7 Å². The number of hydrogen-bond acceptors (Lipinski definition) is 5. The minimum absolute atomic E-state index is 0.0304. The van der Waals surface area contributed by atoms with E-state index in [1.54, 1.807) is 18.2 Å². The van der Waals surface area contributed by atoms with Crippen molar-refractivity contribution in [2.24, 2.45) is 10.9 Å². The predicted molar refractivity (Wildman–Crippen MR) is 111 cm³/mol. The highest BCUT2D eigenvalue weighted by Gasteiger charge is 2.22. The first-order valence-electron chi connectivity index (χ1n) is 9.20. The Morgan fingerprint density at radius 3 is 2.43 bits per heavy atom. The summed E-state index contributed by atoms with van der Waals surface area (Å²) in [7, 11) is -1.89. The van der Waals surface area contributed by atoms with E-state index in [9.17, 15) is 14.1 Å². The molecule has 0 bridgehead atoms. The quantitative estimate of drug-likeness (QED) is 0.531. The smallest absolute Gasteiger partial charge is 0.248 e. The lowest BCUT2D eigenvalue weighted by Gasteiger charge is -2.28. The van der Waals surface area contributed by atoms with E-state index in [1.807, 2.05) is 23.1 Å². The highest BCUT2D eigenvalue weighted by molar-refractivity contribution is 7.82. The number of nitrogens with zero attached hydrogens (tertiary/aromatic N) is 1. The first-order valence-corrected chi connectivity index (χ1v) is 10.4. The van der Waals surface area contributed by atoms with Gasteiger partial charge in [-0.05, 0) is 37.1 Å². The van der Waals surface area contributed by atoms with Crippen molar-refractivity contribution >= 4 is 22.6 Å². The summed E-state index contributed by atoms with van der Waals surface area (Å²) in [6.45, 7) is 3.33. The largest absolute Gasteiger partial charge is 0.454 e. The van der Waals surface area contributed by atoms with E-state index in [2.05, 4.69) is 6.92 Å². The first-order chi connectivity index (χ1) is 13.5. The van der Waals surface area contributed by atoms with Gasteiger partial charge in [0.15, 0.2) is 5.75 Å². The summed E-state index contributed by atoms with van der Waals surface area (Å²) in [6, 6.07) is 12.1. The maximum atomic E-state index is 12.2. The second-order valence-corrected chi connectivity index (χ2v) is 7.35. The van der Waals surface area contributed by atoms with Crippen LogP contribution < -0.4 is 20.5 Å². The molecular weight excluding hydrogens is 378 g/mol. The van der Waals surface area contributed by atoms with Crippen molar-refractivity contribution < 1.29 is 18.8 Å². The number of aliphatic hydroxyl groups excluding tert-OH is 1. The summed E-state index contributed by atoms with van der Waals surface area (Å²) < 4.78 is 18.3. The predicted octanol–water partition coefficient (Wildman–Crippen LogP) is 2.55. The van der Waals surface area contributed by atoms with E-state index in [1.165, 1.54) is 6.07 Å². The Kier molecular flexibility index (Phi) is 8.43. The van der Waals surface area contributed by atoms with Crippen LogP contribution in [0, 0.1) is 0 Å². The van der Waals surface area contributed by atoms with Gasteiger partial charge in [0.05, 0.1) is 10.6 Å². The Morgan fingerprint density at radius 2 is 1.86 bits per heavy atom. The molecular formula is C20H27N3O4S. The van der Waals surface area contributed by atoms with Crippen LogP contribution in [0.2, 0.25) is 0 Å². The summed E-state index contributed by atoms with van der Waals surface area (Å²) in [5, 5.41) is 15.0. The number of anilines is 1. The number of nitrogens with two attached hydrogens (primary N) is 2. The second-order valence-electron chi connectivity index (χ2n) is 6.32. The molecule has 2 rings (SSSR count). The Labute approximate surface area is 167 Å². The SMILES string of the molecule is CCCCN(CCCO)c1cc(C(N)=O)cc(S(N)=O)c1Oc1ccccc1. The number of para-hydroxylation sites is 1. The number of hydrogen-bond donors (Lipinski definition) is 3. The van der Waals surface area contributed by atoms with Crippen molar-refractivity contribution in [3.8, 4) is 11.5 Å². The molecule has 28 heavy (non-hydrogen) atoms. The third-order valence-corrected chi connectivity index (χ3v) is 4.94. The van der Waals surface area contributed by atoms with Crippen molar-refractivity contribution in [3.05, 3.63) is 48.0 Å². The fraction of sp³-hybridized carbons (Fsp3) is 0.350. The van der Waals surface area contributed by atoms with Crippen LogP contribution in [0.25, 0.3) is 0 Å². The molecule has 2 aromatic rings. The monoisotopic (exact) mass is 405 g/mol. The highest BCUT2D eigenvalue weighted by atomic mass is 32.2. The molecule has 0 saturated heterocycles. The molecule has 8 heteroatoms. The average molecular weight is 406 g/mol. The van der Waals surface area contributed by atoms with Gasteiger partial charge < -0.3 is 20.5 Å². The van der Waals surface area contributed by atoms with E-state index >= 15 is 0 Å². The van der Waals surface area contributed by atoms with Crippen molar-refractivity contribution in [3.63, 3.8) is 0 Å². The molecule has 5 N–H and O–H groups in total. The number of benzene rings is 2. The first kappa shape index (κ1) is 21.9. The molecule has 0 saturated carbocycles. The molecule has 0 aliphatic carbocycles. The topological polar surface area (TPSA) is 119 Å². The molecule has 0 spiro atoms. The molecule has 0 aliphatic rings. The summed E-state index contributed by atoms with van der Waals surface area (Å²) in [4.78, 5) is 14.0. The van der Waals surface area contributed by atoms with Crippen molar-refractivity contribution in [2.75, 3.05) is 24.6 Å². The van der Waals surface area contributed by atoms with Crippen molar-refractivity contribution in [1.82, 2.24) is 0 Å². The maximum absolute atomic E-state index is 12.2. The lowest BCUT2D eigenvalue weighted by Crippen LogP contribution is -2.28. The molecule has 1 atom stereocenters. The van der Waals surface area contributed by atoms with E-state index in [4.69, 9.17) is 15.6 Å². The van der Waals surface area contributed by atoms with Gasteiger partial charge in [0.25, 0.3) is 0 Å². The van der Waals surface area contributed by atoms with Gasteiger partial charge in [-0.25, -0.2) is 9.35 Å². The van der Waals surface area contributed by atoms with E-state index in [0.29, 0.717) is 36.7 Å². The standard InChI is InChI=1S/C20H27N3O4S/c1-2-3-10-23(11-7-12-24)17-13-15(20(21)25)14-18(28(22)26)19(17)27-16-8-5-4-6-9-16/h4-6,8-9,13-14,24H,2-3,7,10-12,22H2,1H3,(H2,21,25). The lowest BCUT2D eigenvalue weighted by molar-refractivity contribution is 0.1000. The third-order valence-electron chi connectivity index (χ3n) is 4.21. The Hall–Kier alpha value is -2.42. The number of amides is 1. The Bertz CT molecular complexity index is 807. The van der Waals surface area contributed by atoms with Gasteiger partial charge in [0, 0.05) is 25.3 Å². The molecule has 0 fully saturated rings. The summed E-state index contributed by atoms with van der Waals surface area (Å²) in [5.41, 5.74) is 6.26. The normalized spacial score (nSPS) is 11.8. The third kappa shape index (κ3) is 5.79. The van der Waals surface area contributed by atoms with Crippen LogP contribution in [0.3, 0.4) is 0 Å². The van der Waals surface area contributed by atoms with Crippen molar-refractivity contribution in [2.45, 2.75) is 31.1 Å². The van der Waals surface area contributed by atoms with Crippen LogP contribution in [-0.2, 0) is 11.0 Å². The molecule has 7 nitrogen and oxygen atoms in total. The van der Waals surface area contributed by atoms with Gasteiger partial charge in [-0.15, -0.1) is 0 Å². The number of rotatable bonds is 11. The number of ether oxygens (including phenoxy) is 1. The molecule has 0 radical (unpaired) electrons.